The third-order valence-corrected chi connectivity index (χ3v) is 4.63. The SMILES string of the molecule is CCCN(C(=O)OC(C)(C)C)c1ccc(B2OC(C)(C)C(C)(C)O2)cn1. The van der Waals surface area contributed by atoms with E-state index in [9.17, 15) is 4.79 Å². The van der Waals surface area contributed by atoms with Gasteiger partial charge in [-0.2, -0.15) is 0 Å². The normalized spacial score (nSPS) is 18.7. The molecule has 2 heterocycles. The zero-order chi connectivity index (χ0) is 19.8. The molecule has 0 unspecified atom stereocenters. The van der Waals surface area contributed by atoms with Crippen LogP contribution in [0.2, 0.25) is 0 Å². The minimum absolute atomic E-state index is 0.393. The van der Waals surface area contributed by atoms with Crippen molar-refractivity contribution in [3.05, 3.63) is 18.3 Å². The van der Waals surface area contributed by atoms with Gasteiger partial charge in [-0.25, -0.2) is 9.78 Å². The van der Waals surface area contributed by atoms with E-state index in [0.717, 1.165) is 11.9 Å². The molecule has 1 aromatic heterocycles. The summed E-state index contributed by atoms with van der Waals surface area (Å²) >= 11 is 0. The zero-order valence-electron chi connectivity index (χ0n) is 17.3. The number of ether oxygens (including phenoxy) is 1. The molecule has 0 atom stereocenters. The number of carbonyl (C=O) groups is 1. The van der Waals surface area contributed by atoms with Gasteiger partial charge in [0.25, 0.3) is 0 Å². The van der Waals surface area contributed by atoms with Crippen molar-refractivity contribution < 1.29 is 18.8 Å². The first-order chi connectivity index (χ1) is 11.9. The lowest BCUT2D eigenvalue weighted by molar-refractivity contribution is 0.00578. The van der Waals surface area contributed by atoms with Crippen LogP contribution >= 0.6 is 0 Å². The van der Waals surface area contributed by atoms with E-state index in [2.05, 4.69) is 4.98 Å². The summed E-state index contributed by atoms with van der Waals surface area (Å²) in [7, 11) is -0.470. The first-order valence-electron chi connectivity index (χ1n) is 9.18. The van der Waals surface area contributed by atoms with Gasteiger partial charge in [0.2, 0.25) is 0 Å². The second kappa shape index (κ2) is 7.20. The summed E-state index contributed by atoms with van der Waals surface area (Å²) in [5.41, 5.74) is -0.526. The fourth-order valence-corrected chi connectivity index (χ4v) is 2.52. The molecule has 1 fully saturated rings. The van der Waals surface area contributed by atoms with Crippen LogP contribution < -0.4 is 10.4 Å². The first-order valence-corrected chi connectivity index (χ1v) is 9.18. The van der Waals surface area contributed by atoms with Crippen LogP contribution in [-0.4, -0.2) is 41.5 Å². The molecule has 6 nitrogen and oxygen atoms in total. The molecule has 1 saturated heterocycles. The van der Waals surface area contributed by atoms with Gasteiger partial charge >= 0.3 is 13.2 Å². The molecule has 1 aromatic rings. The van der Waals surface area contributed by atoms with Crippen molar-refractivity contribution in [3.63, 3.8) is 0 Å². The number of aromatic nitrogens is 1. The summed E-state index contributed by atoms with van der Waals surface area (Å²) < 4.78 is 17.6. The number of hydrogen-bond acceptors (Lipinski definition) is 5. The van der Waals surface area contributed by atoms with E-state index in [-0.39, 0.29) is 0 Å². The van der Waals surface area contributed by atoms with Crippen LogP contribution in [0.15, 0.2) is 18.3 Å². The maximum Gasteiger partial charge on any atom is 0.496 e. The number of rotatable bonds is 4. The Morgan fingerprint density at radius 1 is 1.19 bits per heavy atom. The fraction of sp³-hybridized carbons (Fsp3) is 0.684. The molecule has 0 N–H and O–H groups in total. The predicted molar refractivity (Wildman–Crippen MR) is 104 cm³/mol. The van der Waals surface area contributed by atoms with E-state index < -0.39 is 30.0 Å². The van der Waals surface area contributed by atoms with Gasteiger partial charge in [-0.05, 0) is 61.0 Å². The maximum absolute atomic E-state index is 12.5. The van der Waals surface area contributed by atoms with E-state index in [1.54, 1.807) is 17.2 Å². The fourth-order valence-electron chi connectivity index (χ4n) is 2.52. The monoisotopic (exact) mass is 362 g/mol. The van der Waals surface area contributed by atoms with Crippen LogP contribution in [0.25, 0.3) is 0 Å². The summed E-state index contributed by atoms with van der Waals surface area (Å²) in [6.45, 7) is 16.2. The van der Waals surface area contributed by atoms with Crippen molar-refractivity contribution in [1.29, 1.82) is 0 Å². The molecule has 0 aliphatic carbocycles. The lowest BCUT2D eigenvalue weighted by Gasteiger charge is -2.32. The van der Waals surface area contributed by atoms with Crippen molar-refractivity contribution in [1.82, 2.24) is 4.98 Å². The summed E-state index contributed by atoms with van der Waals surface area (Å²) in [5, 5.41) is 0. The van der Waals surface area contributed by atoms with Crippen molar-refractivity contribution in [3.8, 4) is 0 Å². The van der Waals surface area contributed by atoms with Crippen LogP contribution in [-0.2, 0) is 14.0 Å². The van der Waals surface area contributed by atoms with Crippen LogP contribution in [0.1, 0.15) is 61.8 Å². The highest BCUT2D eigenvalue weighted by atomic mass is 16.7. The summed E-state index contributed by atoms with van der Waals surface area (Å²) in [5.74, 6) is 0.557. The molecule has 1 amide bonds. The molecule has 2 rings (SSSR count). The van der Waals surface area contributed by atoms with Crippen molar-refractivity contribution >= 4 is 24.5 Å². The second-order valence-electron chi connectivity index (χ2n) is 8.67. The van der Waals surface area contributed by atoms with Gasteiger partial charge in [0.15, 0.2) is 0 Å². The van der Waals surface area contributed by atoms with Gasteiger partial charge < -0.3 is 14.0 Å². The number of amides is 1. The summed E-state index contributed by atoms with van der Waals surface area (Å²) in [6, 6.07) is 3.69. The van der Waals surface area contributed by atoms with Gasteiger partial charge in [-0.15, -0.1) is 0 Å². The molecule has 26 heavy (non-hydrogen) atoms. The maximum atomic E-state index is 12.5. The average Bonchev–Trinajstić information content (AvgIpc) is 2.71. The minimum atomic E-state index is -0.550. The molecule has 0 aromatic carbocycles. The Morgan fingerprint density at radius 2 is 1.77 bits per heavy atom. The van der Waals surface area contributed by atoms with E-state index in [0.29, 0.717) is 12.4 Å². The van der Waals surface area contributed by atoms with Crippen LogP contribution in [0.5, 0.6) is 0 Å². The lowest BCUT2D eigenvalue weighted by atomic mass is 9.80. The number of nitrogens with zero attached hydrogens (tertiary/aromatic N) is 2. The van der Waals surface area contributed by atoms with Crippen LogP contribution in [0.4, 0.5) is 10.6 Å². The molecule has 0 bridgehead atoms. The molecule has 1 aliphatic rings. The van der Waals surface area contributed by atoms with Gasteiger partial charge in [0.05, 0.1) is 11.2 Å². The van der Waals surface area contributed by atoms with E-state index in [4.69, 9.17) is 14.0 Å². The Hall–Kier alpha value is -1.60. The Kier molecular flexibility index (Phi) is 5.73. The van der Waals surface area contributed by atoms with Crippen LogP contribution in [0.3, 0.4) is 0 Å². The highest BCUT2D eigenvalue weighted by Gasteiger charge is 2.51. The number of pyridine rings is 1. The quantitative estimate of drug-likeness (QED) is 0.767. The molecule has 144 valence electrons. The van der Waals surface area contributed by atoms with Gasteiger partial charge in [0, 0.05) is 18.2 Å². The molecule has 0 spiro atoms. The minimum Gasteiger partial charge on any atom is -0.443 e. The predicted octanol–water partition coefficient (Wildman–Crippen LogP) is 3.53. The average molecular weight is 362 g/mol. The van der Waals surface area contributed by atoms with Gasteiger partial charge in [-0.3, -0.25) is 4.90 Å². The highest BCUT2D eigenvalue weighted by Crippen LogP contribution is 2.36. The number of anilines is 1. The lowest BCUT2D eigenvalue weighted by Crippen LogP contribution is -2.41. The highest BCUT2D eigenvalue weighted by molar-refractivity contribution is 6.62. The molecular formula is C19H31BN2O4. The Balaban J connectivity index is 2.18. The van der Waals surface area contributed by atoms with E-state index in [1.165, 1.54) is 0 Å². The van der Waals surface area contributed by atoms with E-state index in [1.807, 2.05) is 61.5 Å². The van der Waals surface area contributed by atoms with Crippen LogP contribution in [0, 0.1) is 0 Å². The third kappa shape index (κ3) is 4.57. The Labute approximate surface area is 157 Å². The smallest absolute Gasteiger partial charge is 0.443 e. The summed E-state index contributed by atoms with van der Waals surface area (Å²) in [6.07, 6.45) is 2.11. The molecule has 1 aliphatic heterocycles. The van der Waals surface area contributed by atoms with Gasteiger partial charge in [0.1, 0.15) is 11.4 Å². The number of hydrogen-bond donors (Lipinski definition) is 0. The second-order valence-corrected chi connectivity index (χ2v) is 8.67. The topological polar surface area (TPSA) is 60.9 Å². The van der Waals surface area contributed by atoms with E-state index >= 15 is 0 Å². The molecule has 0 radical (unpaired) electrons. The molecule has 7 heteroatoms. The van der Waals surface area contributed by atoms with Crippen molar-refractivity contribution in [2.75, 3.05) is 11.4 Å². The first kappa shape index (κ1) is 20.7. The Morgan fingerprint density at radius 3 is 2.19 bits per heavy atom. The van der Waals surface area contributed by atoms with Crippen molar-refractivity contribution in [2.45, 2.75) is 78.6 Å². The largest absolute Gasteiger partial charge is 0.496 e. The third-order valence-electron chi connectivity index (χ3n) is 4.63. The number of carbonyl (C=O) groups excluding carboxylic acids is 1. The molecular weight excluding hydrogens is 331 g/mol. The Bertz CT molecular complexity index is 622. The van der Waals surface area contributed by atoms with Crippen molar-refractivity contribution in [2.24, 2.45) is 0 Å². The zero-order valence-corrected chi connectivity index (χ0v) is 17.3. The molecule has 0 saturated carbocycles. The summed E-state index contributed by atoms with van der Waals surface area (Å²) in [4.78, 5) is 18.5. The standard InChI is InChI=1S/C19H31BN2O4/c1-9-12-22(16(23)24-17(2,3)4)15-11-10-14(13-21-15)20-25-18(5,6)19(7,8)26-20/h10-11,13H,9,12H2,1-8H3. The van der Waals surface area contributed by atoms with Gasteiger partial charge in [-0.1, -0.05) is 13.0 Å².